The molecule has 1 heterocycles. The second kappa shape index (κ2) is 5.51. The molecule has 1 aromatic heterocycles. The van der Waals surface area contributed by atoms with Crippen molar-refractivity contribution in [1.29, 1.82) is 0 Å². The minimum atomic E-state index is -4.12. The lowest BCUT2D eigenvalue weighted by Gasteiger charge is -2.06. The Kier molecular flexibility index (Phi) is 4.60. The second-order valence-electron chi connectivity index (χ2n) is 3.39. The normalized spacial score (nSPS) is 12.0. The van der Waals surface area contributed by atoms with Crippen LogP contribution < -0.4 is 5.32 Å². The van der Waals surface area contributed by atoms with Crippen LogP contribution in [0, 0.1) is 0 Å². The molecule has 0 radical (unpaired) electrons. The molecule has 0 aliphatic heterocycles. The summed E-state index contributed by atoms with van der Waals surface area (Å²) in [5.74, 6) is 0. The molecule has 0 saturated carbocycles. The van der Waals surface area contributed by atoms with E-state index in [1.54, 1.807) is 11.3 Å². The lowest BCUT2D eigenvalue weighted by atomic mass is 10.2. The van der Waals surface area contributed by atoms with Crippen molar-refractivity contribution in [2.24, 2.45) is 0 Å². The number of halogens is 3. The van der Waals surface area contributed by atoms with Gasteiger partial charge in [0.1, 0.15) is 0 Å². The zero-order valence-electron chi connectivity index (χ0n) is 8.53. The Morgan fingerprint density at radius 3 is 2.73 bits per heavy atom. The highest BCUT2D eigenvalue weighted by Gasteiger charge is 2.26. The molecule has 0 aliphatic rings. The monoisotopic (exact) mass is 237 g/mol. The number of aryl methyl sites for hydroxylation is 1. The Morgan fingerprint density at radius 1 is 1.40 bits per heavy atom. The average molecular weight is 237 g/mol. The lowest BCUT2D eigenvalue weighted by molar-refractivity contribution is -0.125. The van der Waals surface area contributed by atoms with Crippen molar-refractivity contribution in [1.82, 2.24) is 5.32 Å². The summed E-state index contributed by atoms with van der Waals surface area (Å²) in [4.78, 5) is 1.24. The molecule has 0 aromatic carbocycles. The summed E-state index contributed by atoms with van der Waals surface area (Å²) in [6.07, 6.45) is -2.05. The zero-order chi connectivity index (χ0) is 11.3. The van der Waals surface area contributed by atoms with E-state index in [9.17, 15) is 13.2 Å². The lowest BCUT2D eigenvalue weighted by Crippen LogP contribution is -2.28. The number of alkyl halides is 3. The summed E-state index contributed by atoms with van der Waals surface area (Å²) in [5.41, 5.74) is 0.938. The Morgan fingerprint density at radius 2 is 2.13 bits per heavy atom. The molecule has 0 spiro atoms. The van der Waals surface area contributed by atoms with E-state index in [1.165, 1.54) is 4.88 Å². The number of hydrogen-bond donors (Lipinski definition) is 1. The maximum atomic E-state index is 11.8. The number of nitrogens with one attached hydrogen (secondary N) is 1. The molecule has 0 fully saturated rings. The molecule has 0 aliphatic carbocycles. The van der Waals surface area contributed by atoms with Crippen molar-refractivity contribution in [3.05, 3.63) is 21.9 Å². The minimum absolute atomic E-state index is 0.291. The van der Waals surface area contributed by atoms with Crippen molar-refractivity contribution in [2.45, 2.75) is 32.5 Å². The van der Waals surface area contributed by atoms with Gasteiger partial charge in [-0.15, -0.1) is 11.3 Å². The van der Waals surface area contributed by atoms with E-state index in [0.29, 0.717) is 6.54 Å². The van der Waals surface area contributed by atoms with Gasteiger partial charge in [-0.1, -0.05) is 13.3 Å². The molecule has 0 saturated heterocycles. The van der Waals surface area contributed by atoms with Gasteiger partial charge in [0.05, 0.1) is 6.54 Å². The van der Waals surface area contributed by atoms with Crippen LogP contribution in [0.1, 0.15) is 23.8 Å². The smallest absolute Gasteiger partial charge is 0.305 e. The predicted octanol–water partition coefficient (Wildman–Crippen LogP) is 3.35. The van der Waals surface area contributed by atoms with Crippen molar-refractivity contribution in [2.75, 3.05) is 6.54 Å². The first kappa shape index (κ1) is 12.5. The Bertz CT molecular complexity index is 293. The summed E-state index contributed by atoms with van der Waals surface area (Å²) in [6.45, 7) is 1.45. The largest absolute Gasteiger partial charge is 0.401 e. The number of rotatable bonds is 5. The van der Waals surface area contributed by atoms with Crippen LogP contribution in [0.2, 0.25) is 0 Å². The molecule has 1 N–H and O–H groups in total. The molecule has 15 heavy (non-hydrogen) atoms. The van der Waals surface area contributed by atoms with Gasteiger partial charge >= 0.3 is 6.18 Å². The molecule has 1 rings (SSSR count). The summed E-state index contributed by atoms with van der Waals surface area (Å²) >= 11 is 1.61. The molecule has 5 heteroatoms. The molecule has 86 valence electrons. The van der Waals surface area contributed by atoms with Crippen LogP contribution in [0.5, 0.6) is 0 Å². The molecule has 0 atom stereocenters. The van der Waals surface area contributed by atoms with Gasteiger partial charge in [0.15, 0.2) is 0 Å². The van der Waals surface area contributed by atoms with E-state index < -0.39 is 12.7 Å². The van der Waals surface area contributed by atoms with Crippen LogP contribution >= 0.6 is 11.3 Å². The van der Waals surface area contributed by atoms with E-state index in [-0.39, 0.29) is 0 Å². The fourth-order valence-electron chi connectivity index (χ4n) is 1.24. The van der Waals surface area contributed by atoms with Crippen LogP contribution in [0.4, 0.5) is 13.2 Å². The highest BCUT2D eigenvalue weighted by atomic mass is 32.1. The zero-order valence-corrected chi connectivity index (χ0v) is 9.34. The number of hydrogen-bond acceptors (Lipinski definition) is 2. The van der Waals surface area contributed by atoms with Crippen molar-refractivity contribution < 1.29 is 13.2 Å². The third-order valence-electron chi connectivity index (χ3n) is 1.86. The highest BCUT2D eigenvalue weighted by molar-refractivity contribution is 7.10. The molecular formula is C10H14F3NS. The van der Waals surface area contributed by atoms with Crippen LogP contribution in [0.25, 0.3) is 0 Å². The highest BCUT2D eigenvalue weighted by Crippen LogP contribution is 2.17. The van der Waals surface area contributed by atoms with Crippen LogP contribution in [-0.2, 0) is 13.0 Å². The van der Waals surface area contributed by atoms with Gasteiger partial charge in [-0.2, -0.15) is 13.2 Å². The van der Waals surface area contributed by atoms with Gasteiger partial charge in [0.25, 0.3) is 0 Å². The van der Waals surface area contributed by atoms with Crippen LogP contribution in [-0.4, -0.2) is 12.7 Å². The first-order valence-electron chi connectivity index (χ1n) is 4.85. The molecule has 0 bridgehead atoms. The van der Waals surface area contributed by atoms with E-state index in [1.807, 2.05) is 11.4 Å². The fourth-order valence-corrected chi connectivity index (χ4v) is 2.24. The average Bonchev–Trinajstić information content (AvgIpc) is 2.51. The van der Waals surface area contributed by atoms with Crippen LogP contribution in [0.3, 0.4) is 0 Å². The predicted molar refractivity (Wildman–Crippen MR) is 56.1 cm³/mol. The summed E-state index contributed by atoms with van der Waals surface area (Å²) in [6, 6.07) is 1.97. The first-order chi connectivity index (χ1) is 7.01. The molecule has 1 nitrogen and oxygen atoms in total. The van der Waals surface area contributed by atoms with Crippen molar-refractivity contribution in [3.8, 4) is 0 Å². The van der Waals surface area contributed by atoms with Gasteiger partial charge < -0.3 is 5.32 Å². The molecule has 0 unspecified atom stereocenters. The van der Waals surface area contributed by atoms with E-state index in [0.717, 1.165) is 18.4 Å². The minimum Gasteiger partial charge on any atom is -0.305 e. The molecule has 1 aromatic rings. The van der Waals surface area contributed by atoms with Crippen molar-refractivity contribution >= 4 is 11.3 Å². The van der Waals surface area contributed by atoms with E-state index >= 15 is 0 Å². The van der Waals surface area contributed by atoms with Gasteiger partial charge in [0.2, 0.25) is 0 Å². The molecule has 0 amide bonds. The van der Waals surface area contributed by atoms with E-state index in [4.69, 9.17) is 0 Å². The quantitative estimate of drug-likeness (QED) is 0.828. The third kappa shape index (κ3) is 5.18. The van der Waals surface area contributed by atoms with Gasteiger partial charge in [0, 0.05) is 11.4 Å². The van der Waals surface area contributed by atoms with Gasteiger partial charge in [-0.05, 0) is 23.4 Å². The maximum Gasteiger partial charge on any atom is 0.401 e. The van der Waals surface area contributed by atoms with Crippen molar-refractivity contribution in [3.63, 3.8) is 0 Å². The Hall–Kier alpha value is -0.550. The third-order valence-corrected chi connectivity index (χ3v) is 2.90. The topological polar surface area (TPSA) is 12.0 Å². The standard InChI is InChI=1S/C10H14F3NS/c1-2-3-9-4-8(6-15-9)5-14-7-10(11,12)13/h4,6,14H,2-3,5,7H2,1H3. The maximum absolute atomic E-state index is 11.8. The van der Waals surface area contributed by atoms with Gasteiger partial charge in [-0.3, -0.25) is 0 Å². The van der Waals surface area contributed by atoms with Gasteiger partial charge in [-0.25, -0.2) is 0 Å². The molecular weight excluding hydrogens is 223 g/mol. The van der Waals surface area contributed by atoms with E-state index in [2.05, 4.69) is 12.2 Å². The first-order valence-corrected chi connectivity index (χ1v) is 5.73. The number of thiophene rings is 1. The summed E-state index contributed by atoms with van der Waals surface area (Å²) in [5, 5.41) is 4.29. The second-order valence-corrected chi connectivity index (χ2v) is 4.39. The Balaban J connectivity index is 2.31. The Labute approximate surface area is 91.3 Å². The summed E-state index contributed by atoms with van der Waals surface area (Å²) < 4.78 is 35.5. The SMILES string of the molecule is CCCc1cc(CNCC(F)(F)F)cs1. The summed E-state index contributed by atoms with van der Waals surface area (Å²) in [7, 11) is 0. The fraction of sp³-hybridized carbons (Fsp3) is 0.600. The van der Waals surface area contributed by atoms with Crippen LogP contribution in [0.15, 0.2) is 11.4 Å².